The van der Waals surface area contributed by atoms with Crippen LogP contribution in [-0.2, 0) is 0 Å². The maximum absolute atomic E-state index is 8.48. The van der Waals surface area contributed by atoms with Gasteiger partial charge in [0.2, 0.25) is 0 Å². The lowest BCUT2D eigenvalue weighted by atomic mass is 9.99. The molecule has 0 radical (unpaired) electrons. The molecule has 13 heavy (non-hydrogen) atoms. The molecule has 0 heterocycles. The van der Waals surface area contributed by atoms with Crippen LogP contribution in [0.4, 0.5) is 0 Å². The average Bonchev–Trinajstić information content (AvgIpc) is 2.17. The Bertz CT molecular complexity index is 171. The quantitative estimate of drug-likeness (QED) is 0.469. The summed E-state index contributed by atoms with van der Waals surface area (Å²) < 4.78 is 0. The van der Waals surface area contributed by atoms with Crippen LogP contribution in [-0.4, -0.2) is 16.8 Å². The highest BCUT2D eigenvalue weighted by Crippen LogP contribution is 2.13. The molecular weight excluding hydrogens is 164 g/mol. The Balaban J connectivity index is 3.59. The molecule has 2 nitrogen and oxygen atoms in total. The van der Waals surface area contributed by atoms with Gasteiger partial charge in [-0.15, -0.1) is 6.58 Å². The second-order valence-corrected chi connectivity index (χ2v) is 2.85. The zero-order valence-electron chi connectivity index (χ0n) is 7.89. The van der Waals surface area contributed by atoms with E-state index in [1.54, 1.807) is 12.2 Å². The van der Waals surface area contributed by atoms with Gasteiger partial charge in [-0.2, -0.15) is 0 Å². The van der Waals surface area contributed by atoms with Crippen molar-refractivity contribution in [2.45, 2.75) is 19.3 Å². The summed E-state index contributed by atoms with van der Waals surface area (Å²) in [5, 5.41) is 16.9. The van der Waals surface area contributed by atoms with Crippen molar-refractivity contribution < 1.29 is 10.2 Å². The molecule has 0 fully saturated rings. The van der Waals surface area contributed by atoms with E-state index in [2.05, 4.69) is 6.58 Å². The number of hydrogen-bond donors (Lipinski definition) is 2. The van der Waals surface area contributed by atoms with Crippen molar-refractivity contribution in [2.75, 3.05) is 6.61 Å². The van der Waals surface area contributed by atoms with Crippen LogP contribution in [0.5, 0.6) is 0 Å². The summed E-state index contributed by atoms with van der Waals surface area (Å²) in [4.78, 5) is 0. The SMILES string of the molecule is C=CC(C/C=C/O)CC/C=C/CO. The Kier molecular flexibility index (Phi) is 8.36. The largest absolute Gasteiger partial charge is 0.516 e. The minimum absolute atomic E-state index is 0.106. The van der Waals surface area contributed by atoms with Gasteiger partial charge in [-0.05, 0) is 31.3 Å². The van der Waals surface area contributed by atoms with Gasteiger partial charge in [0.1, 0.15) is 0 Å². The van der Waals surface area contributed by atoms with Crippen molar-refractivity contribution in [3.8, 4) is 0 Å². The van der Waals surface area contributed by atoms with Crippen LogP contribution in [0.25, 0.3) is 0 Å². The highest BCUT2D eigenvalue weighted by Gasteiger charge is 1.99. The Morgan fingerprint density at radius 3 is 2.54 bits per heavy atom. The van der Waals surface area contributed by atoms with Gasteiger partial charge >= 0.3 is 0 Å². The first kappa shape index (κ1) is 12.0. The van der Waals surface area contributed by atoms with Gasteiger partial charge in [-0.3, -0.25) is 0 Å². The second kappa shape index (κ2) is 9.07. The Morgan fingerprint density at radius 2 is 2.00 bits per heavy atom. The van der Waals surface area contributed by atoms with E-state index in [1.807, 2.05) is 12.2 Å². The lowest BCUT2D eigenvalue weighted by Crippen LogP contribution is -1.93. The summed E-state index contributed by atoms with van der Waals surface area (Å²) in [7, 11) is 0. The fourth-order valence-electron chi connectivity index (χ4n) is 1.07. The fraction of sp³-hybridized carbons (Fsp3) is 0.455. The Labute approximate surface area is 79.9 Å². The van der Waals surface area contributed by atoms with Crippen LogP contribution in [0, 0.1) is 5.92 Å². The number of allylic oxidation sites excluding steroid dienone is 3. The molecule has 0 saturated heterocycles. The number of aliphatic hydroxyl groups excluding tert-OH is 2. The average molecular weight is 182 g/mol. The minimum atomic E-state index is 0.106. The molecule has 0 aromatic heterocycles. The van der Waals surface area contributed by atoms with Crippen LogP contribution in [0.3, 0.4) is 0 Å². The van der Waals surface area contributed by atoms with Crippen LogP contribution in [0.15, 0.2) is 37.1 Å². The molecule has 2 N–H and O–H groups in total. The van der Waals surface area contributed by atoms with Gasteiger partial charge < -0.3 is 10.2 Å². The highest BCUT2D eigenvalue weighted by molar-refractivity contribution is 4.89. The summed E-state index contributed by atoms with van der Waals surface area (Å²) in [6.45, 7) is 3.83. The Hall–Kier alpha value is -1.02. The molecule has 0 aromatic carbocycles. The van der Waals surface area contributed by atoms with Crippen LogP contribution in [0.1, 0.15) is 19.3 Å². The first-order valence-electron chi connectivity index (χ1n) is 4.52. The lowest BCUT2D eigenvalue weighted by Gasteiger charge is -2.06. The van der Waals surface area contributed by atoms with Crippen molar-refractivity contribution in [1.82, 2.24) is 0 Å². The molecule has 0 aliphatic heterocycles. The molecule has 0 aliphatic carbocycles. The maximum atomic E-state index is 8.48. The highest BCUT2D eigenvalue weighted by atomic mass is 16.2. The molecule has 1 unspecified atom stereocenters. The number of rotatable bonds is 7. The molecule has 0 aromatic rings. The predicted octanol–water partition coefficient (Wildman–Crippen LogP) is 2.58. The van der Waals surface area contributed by atoms with E-state index in [1.165, 1.54) is 0 Å². The topological polar surface area (TPSA) is 40.5 Å². The third-order valence-corrected chi connectivity index (χ3v) is 1.85. The van der Waals surface area contributed by atoms with E-state index >= 15 is 0 Å². The van der Waals surface area contributed by atoms with E-state index in [9.17, 15) is 0 Å². The third-order valence-electron chi connectivity index (χ3n) is 1.85. The summed E-state index contributed by atoms with van der Waals surface area (Å²) in [6, 6.07) is 0. The van der Waals surface area contributed by atoms with Crippen molar-refractivity contribution >= 4 is 0 Å². The Morgan fingerprint density at radius 1 is 1.23 bits per heavy atom. The molecule has 74 valence electrons. The van der Waals surface area contributed by atoms with E-state index in [0.717, 1.165) is 25.5 Å². The van der Waals surface area contributed by atoms with Gasteiger partial charge in [0, 0.05) is 0 Å². The monoisotopic (exact) mass is 182 g/mol. The smallest absolute Gasteiger partial charge is 0.0751 e. The van der Waals surface area contributed by atoms with Crippen LogP contribution in [0.2, 0.25) is 0 Å². The zero-order chi connectivity index (χ0) is 9.94. The molecule has 0 amide bonds. The number of hydrogen-bond acceptors (Lipinski definition) is 2. The molecule has 0 spiro atoms. The first-order chi connectivity index (χ1) is 6.35. The normalized spacial score (nSPS) is 13.9. The minimum Gasteiger partial charge on any atom is -0.516 e. The fourth-order valence-corrected chi connectivity index (χ4v) is 1.07. The van der Waals surface area contributed by atoms with Crippen molar-refractivity contribution in [3.63, 3.8) is 0 Å². The van der Waals surface area contributed by atoms with E-state index in [0.29, 0.717) is 5.92 Å². The second-order valence-electron chi connectivity index (χ2n) is 2.85. The third kappa shape index (κ3) is 7.34. The van der Waals surface area contributed by atoms with Gasteiger partial charge in [0.05, 0.1) is 12.9 Å². The zero-order valence-corrected chi connectivity index (χ0v) is 7.89. The summed E-state index contributed by atoms with van der Waals surface area (Å²) >= 11 is 0. The van der Waals surface area contributed by atoms with Crippen LogP contribution < -0.4 is 0 Å². The van der Waals surface area contributed by atoms with Gasteiger partial charge in [0.25, 0.3) is 0 Å². The van der Waals surface area contributed by atoms with Gasteiger partial charge in [-0.25, -0.2) is 0 Å². The molecule has 0 aliphatic rings. The van der Waals surface area contributed by atoms with E-state index in [4.69, 9.17) is 10.2 Å². The molecule has 0 saturated carbocycles. The molecule has 0 bridgehead atoms. The van der Waals surface area contributed by atoms with Crippen molar-refractivity contribution in [2.24, 2.45) is 5.92 Å². The van der Waals surface area contributed by atoms with Gasteiger partial charge in [0.15, 0.2) is 0 Å². The number of aliphatic hydroxyl groups is 2. The summed E-state index contributed by atoms with van der Waals surface area (Å²) in [5.41, 5.74) is 0. The molecule has 1 atom stereocenters. The van der Waals surface area contributed by atoms with Crippen LogP contribution >= 0.6 is 0 Å². The molecule has 0 rings (SSSR count). The summed E-state index contributed by atoms with van der Waals surface area (Å²) in [5.74, 6) is 0.409. The predicted molar refractivity (Wildman–Crippen MR) is 55.5 cm³/mol. The van der Waals surface area contributed by atoms with E-state index in [-0.39, 0.29) is 6.61 Å². The standard InChI is InChI=1S/C11H18O2/c1-2-11(8-6-10-13)7-4-3-5-9-12/h2-3,5-6,10-13H,1,4,7-9H2/b5-3+,10-6+. The van der Waals surface area contributed by atoms with Gasteiger partial charge in [-0.1, -0.05) is 18.2 Å². The van der Waals surface area contributed by atoms with Crippen molar-refractivity contribution in [1.29, 1.82) is 0 Å². The molecule has 2 heteroatoms. The lowest BCUT2D eigenvalue weighted by molar-refractivity contribution is 0.342. The molecular formula is C11H18O2. The maximum Gasteiger partial charge on any atom is 0.0751 e. The van der Waals surface area contributed by atoms with E-state index < -0.39 is 0 Å². The first-order valence-corrected chi connectivity index (χ1v) is 4.52. The van der Waals surface area contributed by atoms with Crippen molar-refractivity contribution in [3.05, 3.63) is 37.1 Å². The summed E-state index contributed by atoms with van der Waals surface area (Å²) in [6.07, 6.45) is 11.2.